The first-order chi connectivity index (χ1) is 12.7. The van der Waals surface area contributed by atoms with Crippen molar-refractivity contribution in [3.8, 4) is 0 Å². The number of pyridine rings is 1. The first-order valence-corrected chi connectivity index (χ1v) is 8.92. The Kier molecular flexibility index (Phi) is 4.31. The summed E-state index contributed by atoms with van der Waals surface area (Å²) >= 11 is 0. The number of fused-ring (bicyclic) bond motifs is 2. The average molecular weight is 342 g/mol. The minimum absolute atomic E-state index is 0.129. The van der Waals surface area contributed by atoms with Crippen LogP contribution < -0.4 is 5.32 Å². The molecule has 0 saturated heterocycles. The SMILES string of the molecule is Cc1ccc2cc3c(Nc4ccccc4)c(C)c(CCO)cc3nc2c1. The van der Waals surface area contributed by atoms with E-state index >= 15 is 0 Å². The number of nitrogens with zero attached hydrogens (tertiary/aromatic N) is 1. The minimum atomic E-state index is 0.129. The summed E-state index contributed by atoms with van der Waals surface area (Å²) in [6.07, 6.45) is 0.624. The maximum Gasteiger partial charge on any atom is 0.0733 e. The maximum absolute atomic E-state index is 9.46. The van der Waals surface area contributed by atoms with Gasteiger partial charge in [-0.05, 0) is 67.3 Å². The molecule has 3 aromatic carbocycles. The summed E-state index contributed by atoms with van der Waals surface area (Å²) in [6, 6.07) is 20.8. The van der Waals surface area contributed by atoms with Crippen molar-refractivity contribution in [2.45, 2.75) is 20.3 Å². The van der Waals surface area contributed by atoms with E-state index in [0.717, 1.165) is 44.3 Å². The maximum atomic E-state index is 9.46. The Morgan fingerprint density at radius 1 is 0.923 bits per heavy atom. The van der Waals surface area contributed by atoms with E-state index in [1.54, 1.807) is 0 Å². The predicted molar refractivity (Wildman–Crippen MR) is 109 cm³/mol. The molecule has 26 heavy (non-hydrogen) atoms. The van der Waals surface area contributed by atoms with Gasteiger partial charge in [-0.2, -0.15) is 0 Å². The Morgan fingerprint density at radius 3 is 2.50 bits per heavy atom. The molecule has 2 N–H and O–H groups in total. The van der Waals surface area contributed by atoms with Crippen molar-refractivity contribution < 1.29 is 5.11 Å². The molecule has 0 saturated carbocycles. The van der Waals surface area contributed by atoms with Crippen molar-refractivity contribution in [3.63, 3.8) is 0 Å². The van der Waals surface area contributed by atoms with Crippen LogP contribution in [0, 0.1) is 13.8 Å². The van der Waals surface area contributed by atoms with Crippen LogP contribution in [0.5, 0.6) is 0 Å². The van der Waals surface area contributed by atoms with E-state index in [1.807, 2.05) is 18.2 Å². The molecular formula is C23H22N2O. The van der Waals surface area contributed by atoms with E-state index in [4.69, 9.17) is 4.98 Å². The van der Waals surface area contributed by atoms with E-state index in [1.165, 1.54) is 5.56 Å². The molecule has 1 heterocycles. The summed E-state index contributed by atoms with van der Waals surface area (Å²) in [4.78, 5) is 4.90. The Morgan fingerprint density at radius 2 is 1.73 bits per heavy atom. The van der Waals surface area contributed by atoms with Crippen LogP contribution in [-0.2, 0) is 6.42 Å². The zero-order valence-corrected chi connectivity index (χ0v) is 15.1. The molecule has 1 aromatic heterocycles. The zero-order chi connectivity index (χ0) is 18.1. The van der Waals surface area contributed by atoms with Crippen LogP contribution in [0.25, 0.3) is 21.8 Å². The average Bonchev–Trinajstić information content (AvgIpc) is 2.65. The highest BCUT2D eigenvalue weighted by Gasteiger charge is 2.13. The third-order valence-electron chi connectivity index (χ3n) is 4.86. The predicted octanol–water partition coefficient (Wildman–Crippen LogP) is 5.28. The molecule has 0 fully saturated rings. The summed E-state index contributed by atoms with van der Waals surface area (Å²) in [5.41, 5.74) is 7.54. The number of aromatic nitrogens is 1. The number of rotatable bonds is 4. The minimum Gasteiger partial charge on any atom is -0.396 e. The summed E-state index contributed by atoms with van der Waals surface area (Å²) in [5, 5.41) is 15.3. The van der Waals surface area contributed by atoms with Gasteiger partial charge in [-0.25, -0.2) is 4.98 Å². The highest BCUT2D eigenvalue weighted by Crippen LogP contribution is 2.34. The summed E-state index contributed by atoms with van der Waals surface area (Å²) in [5.74, 6) is 0. The van der Waals surface area contributed by atoms with Gasteiger partial charge in [0.05, 0.1) is 16.7 Å². The van der Waals surface area contributed by atoms with Crippen LogP contribution >= 0.6 is 0 Å². The fourth-order valence-corrected chi connectivity index (χ4v) is 3.45. The lowest BCUT2D eigenvalue weighted by Crippen LogP contribution is -2.02. The zero-order valence-electron chi connectivity index (χ0n) is 15.1. The molecule has 0 spiro atoms. The molecule has 130 valence electrons. The van der Waals surface area contributed by atoms with E-state index in [2.05, 4.69) is 61.6 Å². The number of hydrogen-bond donors (Lipinski definition) is 2. The molecule has 0 unspecified atom stereocenters. The first kappa shape index (κ1) is 16.6. The van der Waals surface area contributed by atoms with E-state index in [0.29, 0.717) is 6.42 Å². The quantitative estimate of drug-likeness (QED) is 0.496. The number of para-hydroxylation sites is 1. The van der Waals surface area contributed by atoms with Gasteiger partial charge in [0.15, 0.2) is 0 Å². The summed E-state index contributed by atoms with van der Waals surface area (Å²) < 4.78 is 0. The van der Waals surface area contributed by atoms with Gasteiger partial charge in [0.2, 0.25) is 0 Å². The van der Waals surface area contributed by atoms with Crippen LogP contribution in [-0.4, -0.2) is 16.7 Å². The van der Waals surface area contributed by atoms with Crippen LogP contribution in [0.1, 0.15) is 16.7 Å². The number of aliphatic hydroxyl groups is 1. The van der Waals surface area contributed by atoms with Gasteiger partial charge in [-0.15, -0.1) is 0 Å². The normalized spacial score (nSPS) is 11.2. The second-order valence-corrected chi connectivity index (χ2v) is 6.75. The molecule has 0 atom stereocenters. The van der Waals surface area contributed by atoms with Crippen molar-refractivity contribution in [1.29, 1.82) is 0 Å². The number of hydrogen-bond acceptors (Lipinski definition) is 3. The van der Waals surface area contributed by atoms with E-state index in [-0.39, 0.29) is 6.61 Å². The lowest BCUT2D eigenvalue weighted by atomic mass is 9.98. The van der Waals surface area contributed by atoms with Gasteiger partial charge < -0.3 is 10.4 Å². The number of benzene rings is 3. The molecule has 0 aliphatic carbocycles. The standard InChI is InChI=1S/C23H22N2O/c1-15-8-9-18-13-20-22(25-21(18)12-15)14-17(10-11-26)16(2)23(20)24-19-6-4-3-5-7-19/h3-9,12-14,24,26H,10-11H2,1-2H3. The van der Waals surface area contributed by atoms with Gasteiger partial charge in [0, 0.05) is 23.1 Å². The highest BCUT2D eigenvalue weighted by molar-refractivity contribution is 6.02. The van der Waals surface area contributed by atoms with Crippen molar-refractivity contribution in [1.82, 2.24) is 4.98 Å². The molecule has 4 aromatic rings. The van der Waals surface area contributed by atoms with Gasteiger partial charge >= 0.3 is 0 Å². The third kappa shape index (κ3) is 3.02. The van der Waals surface area contributed by atoms with E-state index < -0.39 is 0 Å². The molecule has 3 heteroatoms. The first-order valence-electron chi connectivity index (χ1n) is 8.92. The van der Waals surface area contributed by atoms with Crippen molar-refractivity contribution >= 4 is 33.2 Å². The van der Waals surface area contributed by atoms with E-state index in [9.17, 15) is 5.11 Å². The number of anilines is 2. The smallest absolute Gasteiger partial charge is 0.0733 e. The van der Waals surface area contributed by atoms with Crippen LogP contribution in [0.3, 0.4) is 0 Å². The fraction of sp³-hybridized carbons (Fsp3) is 0.174. The molecule has 0 amide bonds. The lowest BCUT2D eigenvalue weighted by molar-refractivity contribution is 0.299. The van der Waals surface area contributed by atoms with Crippen LogP contribution in [0.15, 0.2) is 60.7 Å². The van der Waals surface area contributed by atoms with Gasteiger partial charge in [0.1, 0.15) is 0 Å². The van der Waals surface area contributed by atoms with Crippen LogP contribution in [0.4, 0.5) is 11.4 Å². The molecule has 3 nitrogen and oxygen atoms in total. The number of aliphatic hydroxyl groups excluding tert-OH is 1. The molecule has 0 radical (unpaired) electrons. The monoisotopic (exact) mass is 342 g/mol. The highest BCUT2D eigenvalue weighted by atomic mass is 16.2. The lowest BCUT2D eigenvalue weighted by Gasteiger charge is -2.17. The largest absolute Gasteiger partial charge is 0.396 e. The molecule has 4 rings (SSSR count). The van der Waals surface area contributed by atoms with Crippen molar-refractivity contribution in [2.75, 3.05) is 11.9 Å². The van der Waals surface area contributed by atoms with Crippen LogP contribution in [0.2, 0.25) is 0 Å². The Balaban J connectivity index is 1.98. The topological polar surface area (TPSA) is 45.1 Å². The second kappa shape index (κ2) is 6.77. The third-order valence-corrected chi connectivity index (χ3v) is 4.86. The Labute approximate surface area is 153 Å². The molecular weight excluding hydrogens is 320 g/mol. The van der Waals surface area contributed by atoms with Gasteiger partial charge in [-0.3, -0.25) is 0 Å². The molecule has 0 bridgehead atoms. The number of nitrogens with one attached hydrogen (secondary N) is 1. The van der Waals surface area contributed by atoms with Gasteiger partial charge in [0.25, 0.3) is 0 Å². The van der Waals surface area contributed by atoms with Gasteiger partial charge in [-0.1, -0.05) is 30.3 Å². The fourth-order valence-electron chi connectivity index (χ4n) is 3.45. The Bertz CT molecular complexity index is 1090. The number of aryl methyl sites for hydroxylation is 1. The second-order valence-electron chi connectivity index (χ2n) is 6.75. The summed E-state index contributed by atoms with van der Waals surface area (Å²) in [6.45, 7) is 4.32. The molecule has 0 aliphatic heterocycles. The Hall–Kier alpha value is -2.91. The summed E-state index contributed by atoms with van der Waals surface area (Å²) in [7, 11) is 0. The molecule has 0 aliphatic rings. The van der Waals surface area contributed by atoms with Crippen molar-refractivity contribution in [2.24, 2.45) is 0 Å². The van der Waals surface area contributed by atoms with Crippen molar-refractivity contribution in [3.05, 3.63) is 77.4 Å².